The van der Waals surface area contributed by atoms with E-state index in [9.17, 15) is 0 Å². The molecule has 0 heterocycles. The molecule has 0 saturated heterocycles. The van der Waals surface area contributed by atoms with Gasteiger partial charge in [-0.05, 0) is 25.5 Å². The quantitative estimate of drug-likeness (QED) is 0.790. The second-order valence-electron chi connectivity index (χ2n) is 3.61. The molecule has 1 aromatic carbocycles. The first kappa shape index (κ1) is 11.9. The number of anilines is 1. The Morgan fingerprint density at radius 1 is 1.53 bits per heavy atom. The molecule has 0 aliphatic heterocycles. The van der Waals surface area contributed by atoms with E-state index in [1.54, 1.807) is 7.11 Å². The normalized spacial score (nSPS) is 9.87. The largest absolute Gasteiger partial charge is 0.495 e. The van der Waals surface area contributed by atoms with Gasteiger partial charge >= 0.3 is 0 Å². The van der Waals surface area contributed by atoms with Crippen LogP contribution >= 0.6 is 11.6 Å². The molecule has 0 amide bonds. The van der Waals surface area contributed by atoms with E-state index in [4.69, 9.17) is 16.3 Å². The molecular weight excluding hydrogens is 210 g/mol. The number of methoxy groups -OCH3 is 1. The highest BCUT2D eigenvalue weighted by Gasteiger charge is 2.06. The molecule has 1 N–H and O–H groups in total. The zero-order valence-corrected chi connectivity index (χ0v) is 10.1. The first-order valence-corrected chi connectivity index (χ1v) is 5.14. The van der Waals surface area contributed by atoms with E-state index in [0.717, 1.165) is 29.1 Å². The van der Waals surface area contributed by atoms with Crippen LogP contribution in [-0.4, -0.2) is 13.7 Å². The molecule has 0 radical (unpaired) electrons. The molecule has 15 heavy (non-hydrogen) atoms. The summed E-state index contributed by atoms with van der Waals surface area (Å²) in [6, 6.07) is 3.79. The summed E-state index contributed by atoms with van der Waals surface area (Å²) in [5, 5.41) is 3.96. The lowest BCUT2D eigenvalue weighted by atomic mass is 10.2. The summed E-state index contributed by atoms with van der Waals surface area (Å²) in [6.45, 7) is 8.51. The number of ether oxygens (including phenoxy) is 1. The van der Waals surface area contributed by atoms with Crippen LogP contribution in [0.2, 0.25) is 5.02 Å². The van der Waals surface area contributed by atoms with Crippen molar-refractivity contribution in [1.29, 1.82) is 0 Å². The predicted octanol–water partition coefficient (Wildman–Crippen LogP) is 3.65. The Balaban J connectivity index is 2.94. The van der Waals surface area contributed by atoms with Gasteiger partial charge in [0.2, 0.25) is 0 Å². The van der Waals surface area contributed by atoms with Gasteiger partial charge in [0.1, 0.15) is 5.75 Å². The van der Waals surface area contributed by atoms with Crippen molar-refractivity contribution >= 4 is 17.3 Å². The molecule has 0 atom stereocenters. The lowest BCUT2D eigenvalue weighted by Gasteiger charge is -2.12. The molecule has 1 rings (SSSR count). The van der Waals surface area contributed by atoms with Gasteiger partial charge in [-0.3, -0.25) is 0 Å². The second kappa shape index (κ2) is 5.08. The van der Waals surface area contributed by atoms with Crippen LogP contribution in [0.25, 0.3) is 0 Å². The molecule has 0 saturated carbocycles. The van der Waals surface area contributed by atoms with Crippen LogP contribution in [-0.2, 0) is 0 Å². The standard InChI is InChI=1S/C12H16ClNO/c1-8(2)7-14-11-5-9(3)10(13)6-12(11)15-4/h5-6,14H,1,7H2,2-4H3. The van der Waals surface area contributed by atoms with Gasteiger partial charge in [-0.1, -0.05) is 23.8 Å². The Bertz CT molecular complexity index is 374. The van der Waals surface area contributed by atoms with Gasteiger partial charge in [0.05, 0.1) is 12.8 Å². The third-order valence-electron chi connectivity index (χ3n) is 2.06. The molecule has 0 unspecified atom stereocenters. The second-order valence-corrected chi connectivity index (χ2v) is 4.02. The van der Waals surface area contributed by atoms with Crippen molar-refractivity contribution in [3.05, 3.63) is 34.9 Å². The van der Waals surface area contributed by atoms with Gasteiger partial charge in [0.15, 0.2) is 0 Å². The number of rotatable bonds is 4. The summed E-state index contributed by atoms with van der Waals surface area (Å²) in [5.74, 6) is 0.756. The highest BCUT2D eigenvalue weighted by atomic mass is 35.5. The van der Waals surface area contributed by atoms with Crippen molar-refractivity contribution in [3.8, 4) is 5.75 Å². The maximum Gasteiger partial charge on any atom is 0.143 e. The summed E-state index contributed by atoms with van der Waals surface area (Å²) in [4.78, 5) is 0. The number of hydrogen-bond acceptors (Lipinski definition) is 2. The first-order valence-electron chi connectivity index (χ1n) is 4.77. The smallest absolute Gasteiger partial charge is 0.143 e. The minimum absolute atomic E-state index is 0.715. The van der Waals surface area contributed by atoms with Gasteiger partial charge in [-0.25, -0.2) is 0 Å². The summed E-state index contributed by atoms with van der Waals surface area (Å²) < 4.78 is 5.24. The molecule has 0 aliphatic carbocycles. The molecule has 82 valence electrons. The Morgan fingerprint density at radius 2 is 2.20 bits per heavy atom. The van der Waals surface area contributed by atoms with Crippen molar-refractivity contribution in [3.63, 3.8) is 0 Å². The Hall–Kier alpha value is -1.15. The van der Waals surface area contributed by atoms with Crippen LogP contribution in [0.15, 0.2) is 24.3 Å². The monoisotopic (exact) mass is 225 g/mol. The Kier molecular flexibility index (Phi) is 4.04. The van der Waals surface area contributed by atoms with E-state index >= 15 is 0 Å². The third-order valence-corrected chi connectivity index (χ3v) is 2.47. The van der Waals surface area contributed by atoms with Gasteiger partial charge in [0, 0.05) is 17.6 Å². The van der Waals surface area contributed by atoms with Crippen LogP contribution in [0.5, 0.6) is 5.75 Å². The highest BCUT2D eigenvalue weighted by Crippen LogP contribution is 2.30. The van der Waals surface area contributed by atoms with Crippen LogP contribution in [0.3, 0.4) is 0 Å². The van der Waals surface area contributed by atoms with Crippen LogP contribution in [0, 0.1) is 6.92 Å². The highest BCUT2D eigenvalue weighted by molar-refractivity contribution is 6.31. The lowest BCUT2D eigenvalue weighted by Crippen LogP contribution is -2.04. The van der Waals surface area contributed by atoms with E-state index in [-0.39, 0.29) is 0 Å². The molecule has 1 aromatic rings. The lowest BCUT2D eigenvalue weighted by molar-refractivity contribution is 0.416. The SMILES string of the molecule is C=C(C)CNc1cc(C)c(Cl)cc1OC. The third kappa shape index (κ3) is 3.17. The van der Waals surface area contributed by atoms with E-state index in [1.165, 1.54) is 0 Å². The summed E-state index contributed by atoms with van der Waals surface area (Å²) in [7, 11) is 1.63. The topological polar surface area (TPSA) is 21.3 Å². The van der Waals surface area contributed by atoms with Gasteiger partial charge in [0.25, 0.3) is 0 Å². The van der Waals surface area contributed by atoms with E-state index in [2.05, 4.69) is 11.9 Å². The average molecular weight is 226 g/mol. The van der Waals surface area contributed by atoms with Gasteiger partial charge < -0.3 is 10.1 Å². The number of benzene rings is 1. The van der Waals surface area contributed by atoms with Crippen molar-refractivity contribution in [2.75, 3.05) is 19.0 Å². The summed E-state index contributed by atoms with van der Waals surface area (Å²) in [6.07, 6.45) is 0. The zero-order chi connectivity index (χ0) is 11.4. The molecule has 3 heteroatoms. The van der Waals surface area contributed by atoms with Crippen LogP contribution in [0.1, 0.15) is 12.5 Å². The fraction of sp³-hybridized carbons (Fsp3) is 0.333. The minimum atomic E-state index is 0.715. The van der Waals surface area contributed by atoms with E-state index < -0.39 is 0 Å². The predicted molar refractivity (Wildman–Crippen MR) is 66.0 cm³/mol. The van der Waals surface area contributed by atoms with E-state index in [1.807, 2.05) is 26.0 Å². The van der Waals surface area contributed by atoms with Crippen molar-refractivity contribution in [2.45, 2.75) is 13.8 Å². The fourth-order valence-corrected chi connectivity index (χ4v) is 1.37. The molecule has 2 nitrogen and oxygen atoms in total. The first-order chi connectivity index (χ1) is 7.04. The van der Waals surface area contributed by atoms with E-state index in [0.29, 0.717) is 5.02 Å². The molecule has 0 aliphatic rings. The number of hydrogen-bond donors (Lipinski definition) is 1. The van der Waals surface area contributed by atoms with Crippen molar-refractivity contribution in [2.24, 2.45) is 0 Å². The number of nitrogens with one attached hydrogen (secondary N) is 1. The Labute approximate surface area is 95.9 Å². The average Bonchev–Trinajstić information content (AvgIpc) is 2.19. The molecule has 0 aromatic heterocycles. The van der Waals surface area contributed by atoms with Gasteiger partial charge in [-0.2, -0.15) is 0 Å². The summed E-state index contributed by atoms with van der Waals surface area (Å²) in [5.41, 5.74) is 3.05. The minimum Gasteiger partial charge on any atom is -0.495 e. The Morgan fingerprint density at radius 3 is 2.73 bits per heavy atom. The maximum atomic E-state index is 6.00. The van der Waals surface area contributed by atoms with Crippen LogP contribution < -0.4 is 10.1 Å². The zero-order valence-electron chi connectivity index (χ0n) is 9.36. The van der Waals surface area contributed by atoms with Crippen molar-refractivity contribution < 1.29 is 4.74 Å². The molecule has 0 bridgehead atoms. The number of aryl methyl sites for hydroxylation is 1. The molecule has 0 fully saturated rings. The van der Waals surface area contributed by atoms with Gasteiger partial charge in [-0.15, -0.1) is 0 Å². The molecule has 0 spiro atoms. The fourth-order valence-electron chi connectivity index (χ4n) is 1.22. The van der Waals surface area contributed by atoms with Crippen molar-refractivity contribution in [1.82, 2.24) is 0 Å². The summed E-state index contributed by atoms with van der Waals surface area (Å²) >= 11 is 6.00. The number of halogens is 1. The maximum absolute atomic E-state index is 6.00. The molecular formula is C12H16ClNO. The van der Waals surface area contributed by atoms with Crippen LogP contribution in [0.4, 0.5) is 5.69 Å².